The van der Waals surface area contributed by atoms with Crippen molar-refractivity contribution in [3.63, 3.8) is 0 Å². The first-order chi connectivity index (χ1) is 6.29. The Labute approximate surface area is 78.7 Å². The number of aromatic nitrogens is 2. The van der Waals surface area contributed by atoms with Crippen LogP contribution in [0.15, 0.2) is 6.20 Å². The van der Waals surface area contributed by atoms with Crippen molar-refractivity contribution in [3.05, 3.63) is 17.7 Å². The van der Waals surface area contributed by atoms with E-state index in [1.807, 2.05) is 13.1 Å². The number of hydrogen-bond acceptors (Lipinski definition) is 3. The van der Waals surface area contributed by atoms with Crippen LogP contribution in [0.3, 0.4) is 0 Å². The summed E-state index contributed by atoms with van der Waals surface area (Å²) in [4.78, 5) is 4.29. The van der Waals surface area contributed by atoms with E-state index in [0.29, 0.717) is 6.54 Å². The third-order valence-electron chi connectivity index (χ3n) is 2.02. The van der Waals surface area contributed by atoms with Gasteiger partial charge in [0.2, 0.25) is 0 Å². The lowest BCUT2D eigenvalue weighted by atomic mass is 10.4. The van der Waals surface area contributed by atoms with Gasteiger partial charge in [0, 0.05) is 32.0 Å². The summed E-state index contributed by atoms with van der Waals surface area (Å²) in [6.07, 6.45) is 2.71. The maximum atomic E-state index is 5.48. The number of imidazole rings is 1. The van der Waals surface area contributed by atoms with E-state index in [-0.39, 0.29) is 0 Å². The van der Waals surface area contributed by atoms with Crippen LogP contribution in [0.5, 0.6) is 0 Å². The van der Waals surface area contributed by atoms with Gasteiger partial charge in [-0.2, -0.15) is 0 Å². The average Bonchev–Trinajstić information content (AvgIpc) is 2.45. The summed E-state index contributed by atoms with van der Waals surface area (Å²) in [7, 11) is 1.70. The normalized spacial score (nSPS) is 10.7. The fraction of sp³-hybridized carbons (Fsp3) is 0.667. The molecule has 0 spiro atoms. The summed E-state index contributed by atoms with van der Waals surface area (Å²) in [6.45, 7) is 4.26. The Kier molecular flexibility index (Phi) is 3.92. The number of rotatable bonds is 5. The highest BCUT2D eigenvalue weighted by molar-refractivity contribution is 5.03. The van der Waals surface area contributed by atoms with Crippen LogP contribution in [0.4, 0.5) is 0 Å². The number of ether oxygens (including phenoxy) is 1. The molecular weight excluding hydrogens is 166 g/mol. The molecule has 1 rings (SSSR count). The predicted octanol–water partition coefficient (Wildman–Crippen LogP) is 0.339. The molecule has 2 N–H and O–H groups in total. The summed E-state index contributed by atoms with van der Waals surface area (Å²) < 4.78 is 7.17. The van der Waals surface area contributed by atoms with Gasteiger partial charge in [-0.25, -0.2) is 4.98 Å². The number of nitrogens with zero attached hydrogens (tertiary/aromatic N) is 2. The van der Waals surface area contributed by atoms with Crippen molar-refractivity contribution < 1.29 is 4.74 Å². The fourth-order valence-electron chi connectivity index (χ4n) is 1.33. The third kappa shape index (κ3) is 2.54. The van der Waals surface area contributed by atoms with Gasteiger partial charge < -0.3 is 15.0 Å². The topological polar surface area (TPSA) is 53.1 Å². The van der Waals surface area contributed by atoms with E-state index in [1.54, 1.807) is 7.11 Å². The van der Waals surface area contributed by atoms with E-state index in [0.717, 1.165) is 25.4 Å². The summed E-state index contributed by atoms with van der Waals surface area (Å²) in [5.41, 5.74) is 6.65. The molecule has 0 aliphatic carbocycles. The largest absolute Gasteiger partial charge is 0.383 e. The number of methoxy groups -OCH3 is 1. The highest BCUT2D eigenvalue weighted by atomic mass is 16.5. The zero-order chi connectivity index (χ0) is 9.68. The standard InChI is InChI=1S/C9H17N3O/c1-8-7-11-9(3-4-10)12(8)5-6-13-2/h7H,3-6,10H2,1-2H3. The van der Waals surface area contributed by atoms with Crippen LogP contribution < -0.4 is 5.73 Å². The molecule has 0 bridgehead atoms. The smallest absolute Gasteiger partial charge is 0.110 e. The molecule has 1 heterocycles. The second kappa shape index (κ2) is 4.99. The average molecular weight is 183 g/mol. The minimum Gasteiger partial charge on any atom is -0.383 e. The second-order valence-corrected chi connectivity index (χ2v) is 3.00. The Bertz CT molecular complexity index is 257. The molecule has 0 fully saturated rings. The molecule has 1 aromatic rings. The van der Waals surface area contributed by atoms with Crippen LogP contribution in [-0.4, -0.2) is 29.8 Å². The summed E-state index contributed by atoms with van der Waals surface area (Å²) in [6, 6.07) is 0. The zero-order valence-electron chi connectivity index (χ0n) is 8.29. The molecule has 13 heavy (non-hydrogen) atoms. The molecule has 1 aromatic heterocycles. The predicted molar refractivity (Wildman–Crippen MR) is 51.6 cm³/mol. The third-order valence-corrected chi connectivity index (χ3v) is 2.02. The van der Waals surface area contributed by atoms with Crippen molar-refractivity contribution in [3.8, 4) is 0 Å². The maximum absolute atomic E-state index is 5.48. The van der Waals surface area contributed by atoms with Crippen molar-refractivity contribution >= 4 is 0 Å². The monoisotopic (exact) mass is 183 g/mol. The summed E-state index contributed by atoms with van der Waals surface area (Å²) in [5.74, 6) is 1.05. The molecule has 0 atom stereocenters. The first-order valence-electron chi connectivity index (χ1n) is 4.49. The number of nitrogens with two attached hydrogens (primary N) is 1. The fourth-order valence-corrected chi connectivity index (χ4v) is 1.33. The van der Waals surface area contributed by atoms with Crippen LogP contribution in [0.1, 0.15) is 11.5 Å². The minimum absolute atomic E-state index is 0.642. The molecule has 0 radical (unpaired) electrons. The molecule has 0 amide bonds. The Morgan fingerprint density at radius 2 is 2.38 bits per heavy atom. The molecule has 0 unspecified atom stereocenters. The van der Waals surface area contributed by atoms with Gasteiger partial charge in [0.05, 0.1) is 6.61 Å². The van der Waals surface area contributed by atoms with E-state index < -0.39 is 0 Å². The van der Waals surface area contributed by atoms with Crippen LogP contribution in [-0.2, 0) is 17.7 Å². The first kappa shape index (κ1) is 10.2. The lowest BCUT2D eigenvalue weighted by Crippen LogP contribution is -2.13. The molecule has 0 saturated heterocycles. The van der Waals surface area contributed by atoms with Crippen molar-refractivity contribution in [2.24, 2.45) is 5.73 Å². The van der Waals surface area contributed by atoms with E-state index in [1.165, 1.54) is 5.69 Å². The quantitative estimate of drug-likeness (QED) is 0.716. The molecule has 0 aromatic carbocycles. The highest BCUT2D eigenvalue weighted by Gasteiger charge is 2.04. The van der Waals surface area contributed by atoms with Gasteiger partial charge in [-0.3, -0.25) is 0 Å². The number of hydrogen-bond donors (Lipinski definition) is 1. The Balaban J connectivity index is 2.69. The van der Waals surface area contributed by atoms with Crippen LogP contribution in [0.2, 0.25) is 0 Å². The van der Waals surface area contributed by atoms with E-state index in [2.05, 4.69) is 9.55 Å². The molecule has 4 heteroatoms. The molecule has 0 aliphatic heterocycles. The van der Waals surface area contributed by atoms with E-state index >= 15 is 0 Å². The van der Waals surface area contributed by atoms with Crippen molar-refractivity contribution in [2.45, 2.75) is 19.9 Å². The SMILES string of the molecule is COCCn1c(C)cnc1CCN. The maximum Gasteiger partial charge on any atom is 0.110 e. The van der Waals surface area contributed by atoms with Crippen LogP contribution in [0.25, 0.3) is 0 Å². The van der Waals surface area contributed by atoms with Gasteiger partial charge in [-0.15, -0.1) is 0 Å². The lowest BCUT2D eigenvalue weighted by molar-refractivity contribution is 0.185. The highest BCUT2D eigenvalue weighted by Crippen LogP contribution is 2.04. The summed E-state index contributed by atoms with van der Waals surface area (Å²) >= 11 is 0. The Morgan fingerprint density at radius 1 is 1.62 bits per heavy atom. The summed E-state index contributed by atoms with van der Waals surface area (Å²) in [5, 5.41) is 0. The van der Waals surface area contributed by atoms with E-state index in [9.17, 15) is 0 Å². The molecule has 74 valence electrons. The Morgan fingerprint density at radius 3 is 3.00 bits per heavy atom. The molecule has 0 saturated carbocycles. The molecule has 0 aliphatic rings. The van der Waals surface area contributed by atoms with Gasteiger partial charge in [-0.05, 0) is 13.5 Å². The van der Waals surface area contributed by atoms with Gasteiger partial charge in [0.1, 0.15) is 5.82 Å². The van der Waals surface area contributed by atoms with Gasteiger partial charge in [0.25, 0.3) is 0 Å². The van der Waals surface area contributed by atoms with Crippen molar-refractivity contribution in [1.82, 2.24) is 9.55 Å². The second-order valence-electron chi connectivity index (χ2n) is 3.00. The zero-order valence-corrected chi connectivity index (χ0v) is 8.29. The van der Waals surface area contributed by atoms with Crippen LogP contribution in [0, 0.1) is 6.92 Å². The molecule has 4 nitrogen and oxygen atoms in total. The van der Waals surface area contributed by atoms with Gasteiger partial charge in [0.15, 0.2) is 0 Å². The van der Waals surface area contributed by atoms with Crippen molar-refractivity contribution in [2.75, 3.05) is 20.3 Å². The van der Waals surface area contributed by atoms with Crippen molar-refractivity contribution in [1.29, 1.82) is 0 Å². The molecular formula is C9H17N3O. The van der Waals surface area contributed by atoms with Gasteiger partial charge >= 0.3 is 0 Å². The minimum atomic E-state index is 0.642. The van der Waals surface area contributed by atoms with Gasteiger partial charge in [-0.1, -0.05) is 0 Å². The van der Waals surface area contributed by atoms with Crippen LogP contribution >= 0.6 is 0 Å². The van der Waals surface area contributed by atoms with E-state index in [4.69, 9.17) is 10.5 Å². The lowest BCUT2D eigenvalue weighted by Gasteiger charge is -2.08. The Hall–Kier alpha value is -0.870. The first-order valence-corrected chi connectivity index (χ1v) is 4.49. The number of aryl methyl sites for hydroxylation is 1.